The van der Waals surface area contributed by atoms with Crippen LogP contribution in [-0.2, 0) is 9.59 Å². The van der Waals surface area contributed by atoms with Gasteiger partial charge in [0, 0.05) is 15.5 Å². The number of carboxylic acid groups (broad SMARTS) is 1. The van der Waals surface area contributed by atoms with Gasteiger partial charge in [0.1, 0.15) is 5.70 Å². The van der Waals surface area contributed by atoms with Crippen LogP contribution in [0.1, 0.15) is 13.8 Å². The summed E-state index contributed by atoms with van der Waals surface area (Å²) >= 11 is 3.04. The number of aliphatic hydroxyl groups excluding tert-OH is 1. The van der Waals surface area contributed by atoms with Crippen molar-refractivity contribution in [3.63, 3.8) is 0 Å². The van der Waals surface area contributed by atoms with Crippen LogP contribution >= 0.6 is 23.1 Å². The molecule has 1 saturated heterocycles. The highest BCUT2D eigenvalue weighted by atomic mass is 32.2. The number of aliphatic carboxylic acids is 1. The molecule has 5 nitrogen and oxygen atoms in total. The first kappa shape index (κ1) is 16.6. The van der Waals surface area contributed by atoms with E-state index in [1.165, 1.54) is 16.7 Å². The zero-order valence-electron chi connectivity index (χ0n) is 13.7. The van der Waals surface area contributed by atoms with Crippen molar-refractivity contribution in [2.75, 3.05) is 0 Å². The molecular weight excluding hydrogens is 358 g/mol. The summed E-state index contributed by atoms with van der Waals surface area (Å²) in [7, 11) is 0. The van der Waals surface area contributed by atoms with Gasteiger partial charge in [-0.2, -0.15) is 0 Å². The van der Waals surface area contributed by atoms with E-state index in [1.54, 1.807) is 18.3 Å². The van der Waals surface area contributed by atoms with Gasteiger partial charge in [-0.15, -0.1) is 11.3 Å². The van der Waals surface area contributed by atoms with Gasteiger partial charge in [-0.25, -0.2) is 4.79 Å². The maximum absolute atomic E-state index is 12.3. The number of nitrogens with zero attached hydrogens (tertiary/aromatic N) is 1. The van der Waals surface area contributed by atoms with Crippen molar-refractivity contribution >= 4 is 45.1 Å². The Morgan fingerprint density at radius 2 is 2.08 bits per heavy atom. The number of thioether (sulfide) groups is 1. The van der Waals surface area contributed by atoms with Gasteiger partial charge >= 0.3 is 5.97 Å². The number of carbonyl (C=O) groups is 2. The van der Waals surface area contributed by atoms with Gasteiger partial charge in [0.25, 0.3) is 0 Å². The van der Waals surface area contributed by atoms with E-state index in [1.807, 2.05) is 37.3 Å². The van der Waals surface area contributed by atoms with Gasteiger partial charge in [-0.05, 0) is 24.4 Å². The molecule has 130 valence electrons. The van der Waals surface area contributed by atoms with E-state index in [2.05, 4.69) is 0 Å². The summed E-state index contributed by atoms with van der Waals surface area (Å²) in [5.41, 5.74) is 0.0712. The zero-order valence-corrected chi connectivity index (χ0v) is 15.3. The van der Waals surface area contributed by atoms with Crippen LogP contribution in [0.5, 0.6) is 0 Å². The lowest BCUT2D eigenvalue weighted by Gasteiger charge is -2.46. The van der Waals surface area contributed by atoms with E-state index < -0.39 is 18.0 Å². The summed E-state index contributed by atoms with van der Waals surface area (Å²) < 4.78 is 2.15. The fraction of sp³-hybridized carbons (Fsp3) is 0.333. The lowest BCUT2D eigenvalue weighted by molar-refractivity contribution is -0.163. The van der Waals surface area contributed by atoms with E-state index in [-0.39, 0.29) is 23.6 Å². The van der Waals surface area contributed by atoms with Crippen LogP contribution in [0.25, 0.3) is 10.1 Å². The second kappa shape index (κ2) is 5.86. The van der Waals surface area contributed by atoms with Crippen molar-refractivity contribution in [1.82, 2.24) is 4.90 Å². The van der Waals surface area contributed by atoms with Crippen LogP contribution in [-0.4, -0.2) is 39.1 Å². The minimum absolute atomic E-state index is 0.0712. The fourth-order valence-electron chi connectivity index (χ4n) is 3.77. The molecule has 4 unspecified atom stereocenters. The molecule has 1 fully saturated rings. The third kappa shape index (κ3) is 2.41. The molecule has 2 aromatic rings. The van der Waals surface area contributed by atoms with E-state index in [9.17, 15) is 19.8 Å². The zero-order chi connectivity index (χ0) is 17.9. The number of thiophene rings is 1. The minimum atomic E-state index is -1.09. The molecule has 3 heterocycles. The van der Waals surface area contributed by atoms with Gasteiger partial charge in [-0.3, -0.25) is 4.79 Å². The predicted octanol–water partition coefficient (Wildman–Crippen LogP) is 3.15. The van der Waals surface area contributed by atoms with E-state index in [4.69, 9.17) is 0 Å². The van der Waals surface area contributed by atoms with Gasteiger partial charge in [0.05, 0.1) is 22.3 Å². The lowest BCUT2D eigenvalue weighted by Crippen LogP contribution is -2.63. The monoisotopic (exact) mass is 375 g/mol. The highest BCUT2D eigenvalue weighted by molar-refractivity contribution is 8.05. The first-order valence-electron chi connectivity index (χ1n) is 8.05. The van der Waals surface area contributed by atoms with Crippen molar-refractivity contribution < 1.29 is 19.8 Å². The summed E-state index contributed by atoms with van der Waals surface area (Å²) in [5, 5.41) is 20.7. The Bertz CT molecular complexity index is 884. The third-order valence-corrected chi connectivity index (χ3v) is 7.44. The number of rotatable bonds is 4. The number of carbonyl (C=O) groups excluding carboxylic acids is 1. The number of aliphatic hydroxyl groups is 1. The van der Waals surface area contributed by atoms with E-state index in [0.717, 1.165) is 14.3 Å². The quantitative estimate of drug-likeness (QED) is 0.803. The Labute approximate surface area is 152 Å². The Hall–Kier alpha value is -1.83. The largest absolute Gasteiger partial charge is 0.477 e. The SMILES string of the molecule is CC(O)C1C(=O)N2C(C(=O)O)=C(Sc3cc4ccccc4s3)C(C)C12. The van der Waals surface area contributed by atoms with Crippen molar-refractivity contribution in [1.29, 1.82) is 0 Å². The Balaban J connectivity index is 1.72. The van der Waals surface area contributed by atoms with E-state index in [0.29, 0.717) is 4.91 Å². The standard InChI is InChI=1S/C18H17NO4S2/c1-8-14-13(9(2)20)17(21)19(14)15(18(22)23)16(8)25-12-7-10-5-3-4-6-11(10)24-12/h3-9,13-14,20H,1-2H3,(H,22,23). The van der Waals surface area contributed by atoms with Crippen LogP contribution in [0, 0.1) is 11.8 Å². The molecule has 0 spiro atoms. The predicted molar refractivity (Wildman–Crippen MR) is 97.3 cm³/mol. The highest BCUT2D eigenvalue weighted by Crippen LogP contribution is 2.53. The molecule has 0 bridgehead atoms. The maximum Gasteiger partial charge on any atom is 0.353 e. The summed E-state index contributed by atoms with van der Waals surface area (Å²) in [6.07, 6.45) is -0.778. The average molecular weight is 375 g/mol. The minimum Gasteiger partial charge on any atom is -0.477 e. The topological polar surface area (TPSA) is 77.8 Å². The van der Waals surface area contributed by atoms with Crippen LogP contribution in [0.15, 0.2) is 45.1 Å². The molecule has 2 aliphatic heterocycles. The number of β-lactam (4-membered cyclic amide) rings is 1. The fourth-order valence-corrected chi connectivity index (χ4v) is 6.28. The lowest BCUT2D eigenvalue weighted by atomic mass is 9.79. The normalized spacial score (nSPS) is 26.8. The molecule has 4 rings (SSSR count). The van der Waals surface area contributed by atoms with Crippen LogP contribution < -0.4 is 0 Å². The third-order valence-electron chi connectivity index (χ3n) is 4.92. The number of hydrogen-bond acceptors (Lipinski definition) is 5. The highest BCUT2D eigenvalue weighted by Gasteiger charge is 2.60. The molecule has 2 aliphatic rings. The molecular formula is C18H17NO4S2. The Morgan fingerprint density at radius 3 is 2.72 bits per heavy atom. The molecule has 4 atom stereocenters. The second-order valence-corrected chi connectivity index (χ2v) is 8.90. The molecule has 2 N–H and O–H groups in total. The average Bonchev–Trinajstić information content (AvgIpc) is 3.05. The second-order valence-electron chi connectivity index (χ2n) is 6.48. The molecule has 0 aliphatic carbocycles. The number of hydrogen-bond donors (Lipinski definition) is 2. The molecule has 0 radical (unpaired) electrons. The van der Waals surface area contributed by atoms with Gasteiger partial charge in [0.2, 0.25) is 5.91 Å². The molecule has 25 heavy (non-hydrogen) atoms. The maximum atomic E-state index is 12.3. The Morgan fingerprint density at radius 1 is 1.36 bits per heavy atom. The van der Waals surface area contributed by atoms with Crippen molar-refractivity contribution in [2.45, 2.75) is 30.2 Å². The number of benzene rings is 1. The summed E-state index contributed by atoms with van der Waals surface area (Å²) in [6.45, 7) is 3.52. The molecule has 0 saturated carbocycles. The van der Waals surface area contributed by atoms with E-state index >= 15 is 0 Å². The van der Waals surface area contributed by atoms with Crippen molar-refractivity contribution in [2.24, 2.45) is 11.8 Å². The molecule has 1 amide bonds. The number of fused-ring (bicyclic) bond motifs is 2. The van der Waals surface area contributed by atoms with Crippen molar-refractivity contribution in [3.8, 4) is 0 Å². The first-order chi connectivity index (χ1) is 11.9. The number of carboxylic acids is 1. The number of amides is 1. The van der Waals surface area contributed by atoms with Crippen LogP contribution in [0.3, 0.4) is 0 Å². The van der Waals surface area contributed by atoms with Crippen molar-refractivity contribution in [3.05, 3.63) is 40.9 Å². The van der Waals surface area contributed by atoms with Gasteiger partial charge in [-0.1, -0.05) is 36.9 Å². The summed E-state index contributed by atoms with van der Waals surface area (Å²) in [4.78, 5) is 26.2. The first-order valence-corrected chi connectivity index (χ1v) is 9.68. The van der Waals surface area contributed by atoms with Crippen LogP contribution in [0.2, 0.25) is 0 Å². The van der Waals surface area contributed by atoms with Crippen LogP contribution in [0.4, 0.5) is 0 Å². The van der Waals surface area contributed by atoms with Gasteiger partial charge < -0.3 is 15.1 Å². The summed E-state index contributed by atoms with van der Waals surface area (Å²) in [5.74, 6) is -2.02. The smallest absolute Gasteiger partial charge is 0.353 e. The molecule has 1 aromatic heterocycles. The molecule has 7 heteroatoms. The molecule has 1 aromatic carbocycles. The Kier molecular flexibility index (Phi) is 3.90. The summed E-state index contributed by atoms with van der Waals surface area (Å²) in [6, 6.07) is 9.80. The van der Waals surface area contributed by atoms with Gasteiger partial charge in [0.15, 0.2) is 0 Å².